The first-order valence-corrected chi connectivity index (χ1v) is 7.14. The predicted octanol–water partition coefficient (Wildman–Crippen LogP) is 3.41. The van der Waals surface area contributed by atoms with Crippen LogP contribution < -0.4 is 5.73 Å². The zero-order valence-electron chi connectivity index (χ0n) is 11.5. The van der Waals surface area contributed by atoms with Crippen molar-refractivity contribution in [2.75, 3.05) is 6.61 Å². The summed E-state index contributed by atoms with van der Waals surface area (Å²) in [6.07, 6.45) is 10.3. The van der Waals surface area contributed by atoms with Gasteiger partial charge in [0.2, 0.25) is 0 Å². The van der Waals surface area contributed by atoms with Gasteiger partial charge in [0, 0.05) is 0 Å². The van der Waals surface area contributed by atoms with E-state index >= 15 is 0 Å². The van der Waals surface area contributed by atoms with Gasteiger partial charge in [-0.2, -0.15) is 0 Å². The van der Waals surface area contributed by atoms with Crippen LogP contribution in [0, 0.1) is 0 Å². The summed E-state index contributed by atoms with van der Waals surface area (Å²) in [5, 5.41) is 0. The van der Waals surface area contributed by atoms with E-state index in [2.05, 4.69) is 6.92 Å². The van der Waals surface area contributed by atoms with Gasteiger partial charge < -0.3 is 10.5 Å². The van der Waals surface area contributed by atoms with Gasteiger partial charge in [0.15, 0.2) is 0 Å². The van der Waals surface area contributed by atoms with Crippen LogP contribution in [-0.2, 0) is 9.53 Å². The van der Waals surface area contributed by atoms with Crippen LogP contribution in [0.2, 0.25) is 0 Å². The van der Waals surface area contributed by atoms with Crippen LogP contribution in [0.5, 0.6) is 0 Å². The first-order chi connectivity index (χ1) is 8.22. The monoisotopic (exact) mass is 243 g/mol. The van der Waals surface area contributed by atoms with E-state index in [1.54, 1.807) is 0 Å². The molecule has 1 unspecified atom stereocenters. The summed E-state index contributed by atoms with van der Waals surface area (Å²) in [5.74, 6) is -0.238. The van der Waals surface area contributed by atoms with Gasteiger partial charge in [0.25, 0.3) is 0 Å². The van der Waals surface area contributed by atoms with Crippen LogP contribution in [-0.4, -0.2) is 18.6 Å². The minimum Gasteiger partial charge on any atom is -0.465 e. The number of rotatable bonds is 11. The molecule has 0 heterocycles. The number of unbranched alkanes of at least 4 members (excludes halogenated alkanes) is 6. The van der Waals surface area contributed by atoms with Gasteiger partial charge in [0.1, 0.15) is 6.04 Å². The maximum Gasteiger partial charge on any atom is 0.322 e. The number of hydrogen-bond acceptors (Lipinski definition) is 3. The summed E-state index contributed by atoms with van der Waals surface area (Å²) in [6.45, 7) is 4.77. The number of nitrogens with two attached hydrogens (primary N) is 1. The largest absolute Gasteiger partial charge is 0.465 e. The topological polar surface area (TPSA) is 52.3 Å². The van der Waals surface area contributed by atoms with E-state index in [1.807, 2.05) is 6.92 Å². The van der Waals surface area contributed by atoms with Gasteiger partial charge >= 0.3 is 5.97 Å². The lowest BCUT2D eigenvalue weighted by Crippen LogP contribution is -2.32. The van der Waals surface area contributed by atoms with Gasteiger partial charge in [-0.1, -0.05) is 58.8 Å². The highest BCUT2D eigenvalue weighted by molar-refractivity contribution is 5.75. The second kappa shape index (κ2) is 11.9. The molecule has 0 aromatic heterocycles. The Bertz CT molecular complexity index is 183. The Morgan fingerprint density at radius 2 is 1.59 bits per heavy atom. The third-order valence-corrected chi connectivity index (χ3v) is 2.89. The van der Waals surface area contributed by atoms with Crippen molar-refractivity contribution in [2.45, 2.75) is 77.7 Å². The molecule has 17 heavy (non-hydrogen) atoms. The van der Waals surface area contributed by atoms with E-state index in [1.165, 1.54) is 32.1 Å². The van der Waals surface area contributed by atoms with Gasteiger partial charge in [-0.15, -0.1) is 0 Å². The number of carbonyl (C=O) groups excluding carboxylic acids is 1. The molecule has 0 amide bonds. The SMILES string of the molecule is CCCCCCCCCOC(=O)C(N)CCC. The Balaban J connectivity index is 3.24. The molecule has 0 saturated carbocycles. The molecule has 0 aliphatic rings. The third-order valence-electron chi connectivity index (χ3n) is 2.89. The molecule has 2 N–H and O–H groups in total. The van der Waals surface area contributed by atoms with E-state index in [9.17, 15) is 4.79 Å². The van der Waals surface area contributed by atoms with Crippen LogP contribution >= 0.6 is 0 Å². The van der Waals surface area contributed by atoms with Crippen molar-refractivity contribution in [1.82, 2.24) is 0 Å². The van der Waals surface area contributed by atoms with Crippen molar-refractivity contribution in [3.63, 3.8) is 0 Å². The number of hydrogen-bond donors (Lipinski definition) is 1. The molecule has 0 aromatic rings. The average molecular weight is 243 g/mol. The van der Waals surface area contributed by atoms with E-state index in [0.29, 0.717) is 6.61 Å². The molecule has 0 aromatic carbocycles. The standard InChI is InChI=1S/C14H29NO2/c1-3-5-6-7-8-9-10-12-17-14(16)13(15)11-4-2/h13H,3-12,15H2,1-2H3. The first kappa shape index (κ1) is 16.4. The summed E-state index contributed by atoms with van der Waals surface area (Å²) >= 11 is 0. The highest BCUT2D eigenvalue weighted by Gasteiger charge is 2.12. The molecule has 0 aliphatic heterocycles. The molecule has 0 fully saturated rings. The van der Waals surface area contributed by atoms with E-state index in [0.717, 1.165) is 25.7 Å². The quantitative estimate of drug-likeness (QED) is 0.447. The van der Waals surface area contributed by atoms with Gasteiger partial charge in [-0.25, -0.2) is 0 Å². The molecule has 102 valence electrons. The number of carbonyl (C=O) groups is 1. The first-order valence-electron chi connectivity index (χ1n) is 7.14. The van der Waals surface area contributed by atoms with Crippen LogP contribution in [0.4, 0.5) is 0 Å². The van der Waals surface area contributed by atoms with Crippen LogP contribution in [0.25, 0.3) is 0 Å². The minimum absolute atomic E-state index is 0.238. The molecule has 3 heteroatoms. The Morgan fingerprint density at radius 3 is 2.18 bits per heavy atom. The Morgan fingerprint density at radius 1 is 1.00 bits per heavy atom. The molecule has 0 rings (SSSR count). The maximum atomic E-state index is 11.4. The van der Waals surface area contributed by atoms with Crippen molar-refractivity contribution >= 4 is 5.97 Å². The minimum atomic E-state index is -0.426. The number of esters is 1. The molecule has 0 spiro atoms. The highest BCUT2D eigenvalue weighted by Crippen LogP contribution is 2.07. The van der Waals surface area contributed by atoms with Crippen LogP contribution in [0.1, 0.15) is 71.6 Å². The van der Waals surface area contributed by atoms with Crippen LogP contribution in [0.15, 0.2) is 0 Å². The Labute approximate surface area is 106 Å². The normalized spacial score (nSPS) is 12.4. The third kappa shape index (κ3) is 10.3. The second-order valence-corrected chi connectivity index (χ2v) is 4.68. The zero-order valence-corrected chi connectivity index (χ0v) is 11.5. The van der Waals surface area contributed by atoms with Gasteiger partial charge in [0.05, 0.1) is 6.61 Å². The highest BCUT2D eigenvalue weighted by atomic mass is 16.5. The second-order valence-electron chi connectivity index (χ2n) is 4.68. The average Bonchev–Trinajstić information content (AvgIpc) is 2.32. The Kier molecular flexibility index (Phi) is 11.5. The molecule has 3 nitrogen and oxygen atoms in total. The van der Waals surface area contributed by atoms with E-state index < -0.39 is 6.04 Å². The van der Waals surface area contributed by atoms with Crippen molar-refractivity contribution in [3.05, 3.63) is 0 Å². The van der Waals surface area contributed by atoms with Crippen molar-refractivity contribution in [3.8, 4) is 0 Å². The summed E-state index contributed by atoms with van der Waals surface area (Å²) < 4.78 is 5.12. The van der Waals surface area contributed by atoms with Crippen LogP contribution in [0.3, 0.4) is 0 Å². The lowest BCUT2D eigenvalue weighted by Gasteiger charge is -2.10. The summed E-state index contributed by atoms with van der Waals surface area (Å²) in [6, 6.07) is -0.426. The lowest BCUT2D eigenvalue weighted by atomic mass is 10.1. The van der Waals surface area contributed by atoms with Crippen molar-refractivity contribution in [2.24, 2.45) is 5.73 Å². The van der Waals surface area contributed by atoms with Gasteiger partial charge in [-0.05, 0) is 12.8 Å². The molecule has 0 bridgehead atoms. The molecular weight excluding hydrogens is 214 g/mol. The fourth-order valence-corrected chi connectivity index (χ4v) is 1.77. The van der Waals surface area contributed by atoms with Crippen molar-refractivity contribution in [1.29, 1.82) is 0 Å². The molecule has 0 aliphatic carbocycles. The molecule has 1 atom stereocenters. The lowest BCUT2D eigenvalue weighted by molar-refractivity contribution is -0.145. The van der Waals surface area contributed by atoms with Gasteiger partial charge in [-0.3, -0.25) is 4.79 Å². The molecular formula is C14H29NO2. The Hall–Kier alpha value is -0.570. The van der Waals surface area contributed by atoms with E-state index in [-0.39, 0.29) is 5.97 Å². The molecule has 0 saturated heterocycles. The summed E-state index contributed by atoms with van der Waals surface area (Å²) in [7, 11) is 0. The summed E-state index contributed by atoms with van der Waals surface area (Å²) in [4.78, 5) is 11.4. The predicted molar refractivity (Wildman–Crippen MR) is 71.8 cm³/mol. The van der Waals surface area contributed by atoms with E-state index in [4.69, 9.17) is 10.5 Å². The molecule has 0 radical (unpaired) electrons. The smallest absolute Gasteiger partial charge is 0.322 e. The zero-order chi connectivity index (χ0) is 12.9. The fourth-order valence-electron chi connectivity index (χ4n) is 1.77. The maximum absolute atomic E-state index is 11.4. The summed E-state index contributed by atoms with van der Waals surface area (Å²) in [5.41, 5.74) is 5.65. The number of ether oxygens (including phenoxy) is 1. The van der Waals surface area contributed by atoms with Crippen molar-refractivity contribution < 1.29 is 9.53 Å². The fraction of sp³-hybridized carbons (Fsp3) is 0.929.